The molecular weight excluding hydrogens is 246 g/mol. The van der Waals surface area contributed by atoms with Gasteiger partial charge in [0, 0.05) is 29.6 Å². The van der Waals surface area contributed by atoms with E-state index in [-0.39, 0.29) is 12.4 Å². The maximum atomic E-state index is 4.79. The summed E-state index contributed by atoms with van der Waals surface area (Å²) >= 11 is 0. The lowest BCUT2D eigenvalue weighted by Crippen LogP contribution is -2.28. The van der Waals surface area contributed by atoms with Gasteiger partial charge in [0.15, 0.2) is 0 Å². The summed E-state index contributed by atoms with van der Waals surface area (Å²) in [4.78, 5) is 4.79. The molecular formula is C14H18ClN3. The van der Waals surface area contributed by atoms with Gasteiger partial charge in [-0.3, -0.25) is 15.8 Å². The van der Waals surface area contributed by atoms with E-state index in [0.717, 1.165) is 12.1 Å². The van der Waals surface area contributed by atoms with Crippen molar-refractivity contribution in [3.05, 3.63) is 41.6 Å². The normalized spacial score (nSPS) is 23.0. The molecule has 0 bridgehead atoms. The Hall–Kier alpha value is -1.16. The summed E-state index contributed by atoms with van der Waals surface area (Å²) < 4.78 is 0. The number of nitrogens with one attached hydrogen (secondary N) is 2. The number of benzene rings is 1. The van der Waals surface area contributed by atoms with Gasteiger partial charge in [-0.05, 0) is 31.5 Å². The molecule has 1 aliphatic heterocycles. The number of nitrogens with zero attached hydrogens (tertiary/aromatic N) is 1. The van der Waals surface area contributed by atoms with Crippen LogP contribution in [0.1, 0.15) is 24.1 Å². The number of pyridine rings is 1. The predicted octanol–water partition coefficient (Wildman–Crippen LogP) is 2.54. The van der Waals surface area contributed by atoms with Crippen LogP contribution >= 0.6 is 12.4 Å². The van der Waals surface area contributed by atoms with Crippen molar-refractivity contribution in [1.29, 1.82) is 0 Å². The van der Waals surface area contributed by atoms with Crippen molar-refractivity contribution in [3.8, 4) is 0 Å². The van der Waals surface area contributed by atoms with Crippen LogP contribution in [0.5, 0.6) is 0 Å². The molecule has 1 aromatic carbocycles. The maximum absolute atomic E-state index is 4.79. The summed E-state index contributed by atoms with van der Waals surface area (Å²) in [5.74, 6) is 0.457. The molecule has 0 aliphatic carbocycles. The number of aromatic nitrogens is 1. The van der Waals surface area contributed by atoms with Crippen molar-refractivity contribution < 1.29 is 0 Å². The molecule has 0 spiro atoms. The molecule has 2 atom stereocenters. The summed E-state index contributed by atoms with van der Waals surface area (Å²) in [6.07, 6.45) is 0. The molecule has 2 aromatic rings. The Bertz CT molecular complexity index is 556. The van der Waals surface area contributed by atoms with Crippen LogP contribution in [0.3, 0.4) is 0 Å². The molecule has 0 amide bonds. The van der Waals surface area contributed by atoms with Gasteiger partial charge in [0.1, 0.15) is 0 Å². The summed E-state index contributed by atoms with van der Waals surface area (Å²) in [5.41, 5.74) is 10.0. The maximum Gasteiger partial charge on any atom is 0.0708 e. The van der Waals surface area contributed by atoms with Crippen LogP contribution in [0.2, 0.25) is 0 Å². The molecule has 18 heavy (non-hydrogen) atoms. The Balaban J connectivity index is 0.00000120. The minimum absolute atomic E-state index is 0. The van der Waals surface area contributed by atoms with Gasteiger partial charge in [-0.1, -0.05) is 18.2 Å². The van der Waals surface area contributed by atoms with Gasteiger partial charge < -0.3 is 0 Å². The second-order valence-corrected chi connectivity index (χ2v) is 4.80. The second-order valence-electron chi connectivity index (χ2n) is 4.80. The van der Waals surface area contributed by atoms with Crippen molar-refractivity contribution in [2.24, 2.45) is 0 Å². The zero-order chi connectivity index (χ0) is 11.8. The molecule has 2 heterocycles. The molecule has 1 saturated heterocycles. The standard InChI is InChI=1S/C14H17N3.ClH/c1-9-7-14(12-8-15-17-10(12)2)16-13-6-4-3-5-11(9)13;/h3-7,10,12,15,17H,8H2,1-2H3;1H. The zero-order valence-electron chi connectivity index (χ0n) is 10.6. The minimum Gasteiger partial charge on any atom is -0.257 e. The van der Waals surface area contributed by atoms with E-state index in [2.05, 4.69) is 49.0 Å². The van der Waals surface area contributed by atoms with E-state index in [4.69, 9.17) is 4.98 Å². The first-order valence-electron chi connectivity index (χ1n) is 6.10. The van der Waals surface area contributed by atoms with Crippen LogP contribution in [0.25, 0.3) is 10.9 Å². The lowest BCUT2D eigenvalue weighted by Gasteiger charge is -2.15. The molecule has 1 fully saturated rings. The Morgan fingerprint density at radius 3 is 2.78 bits per heavy atom. The molecule has 2 unspecified atom stereocenters. The Morgan fingerprint density at radius 1 is 1.28 bits per heavy atom. The third-order valence-corrected chi connectivity index (χ3v) is 3.58. The molecule has 3 nitrogen and oxygen atoms in total. The number of aryl methyl sites for hydroxylation is 1. The van der Waals surface area contributed by atoms with Crippen molar-refractivity contribution >= 4 is 23.3 Å². The van der Waals surface area contributed by atoms with Gasteiger partial charge in [0.2, 0.25) is 0 Å². The van der Waals surface area contributed by atoms with Crippen LogP contribution in [0.4, 0.5) is 0 Å². The fourth-order valence-electron chi connectivity index (χ4n) is 2.53. The quantitative estimate of drug-likeness (QED) is 0.830. The average Bonchev–Trinajstić information content (AvgIpc) is 2.75. The summed E-state index contributed by atoms with van der Waals surface area (Å²) in [7, 11) is 0. The van der Waals surface area contributed by atoms with Gasteiger partial charge in [-0.15, -0.1) is 12.4 Å². The number of hydrogen-bond donors (Lipinski definition) is 2. The highest BCUT2D eigenvalue weighted by Crippen LogP contribution is 2.25. The van der Waals surface area contributed by atoms with E-state index >= 15 is 0 Å². The number of para-hydroxylation sites is 1. The average molecular weight is 264 g/mol. The fourth-order valence-corrected chi connectivity index (χ4v) is 2.53. The highest BCUT2D eigenvalue weighted by Gasteiger charge is 2.25. The van der Waals surface area contributed by atoms with E-state index < -0.39 is 0 Å². The molecule has 3 rings (SSSR count). The molecule has 1 aliphatic rings. The third kappa shape index (κ3) is 2.21. The number of hydrazine groups is 1. The molecule has 4 heteroatoms. The molecule has 2 N–H and O–H groups in total. The first-order chi connectivity index (χ1) is 8.25. The summed E-state index contributed by atoms with van der Waals surface area (Å²) in [5, 5.41) is 1.25. The van der Waals surface area contributed by atoms with Gasteiger partial charge in [-0.25, -0.2) is 0 Å². The Labute approximate surface area is 113 Å². The van der Waals surface area contributed by atoms with E-state index in [1.54, 1.807) is 0 Å². The monoisotopic (exact) mass is 263 g/mol. The second kappa shape index (κ2) is 5.22. The summed E-state index contributed by atoms with van der Waals surface area (Å²) in [6, 6.07) is 11.0. The molecule has 0 saturated carbocycles. The topological polar surface area (TPSA) is 37.0 Å². The largest absolute Gasteiger partial charge is 0.257 e. The lowest BCUT2D eigenvalue weighted by atomic mass is 9.96. The zero-order valence-corrected chi connectivity index (χ0v) is 11.4. The van der Waals surface area contributed by atoms with Crippen LogP contribution in [0.15, 0.2) is 30.3 Å². The van der Waals surface area contributed by atoms with Crippen molar-refractivity contribution in [2.75, 3.05) is 6.54 Å². The van der Waals surface area contributed by atoms with E-state index in [0.29, 0.717) is 12.0 Å². The first kappa shape index (κ1) is 13.3. The number of hydrogen-bond acceptors (Lipinski definition) is 3. The molecule has 0 radical (unpaired) electrons. The minimum atomic E-state index is 0. The lowest BCUT2D eigenvalue weighted by molar-refractivity contribution is 0.565. The SMILES string of the molecule is Cc1cc(C2CNNC2C)nc2ccccc12.Cl. The summed E-state index contributed by atoms with van der Waals surface area (Å²) in [6.45, 7) is 5.30. The van der Waals surface area contributed by atoms with Gasteiger partial charge >= 0.3 is 0 Å². The fraction of sp³-hybridized carbons (Fsp3) is 0.357. The molecule has 1 aromatic heterocycles. The van der Waals surface area contributed by atoms with Crippen LogP contribution < -0.4 is 10.9 Å². The van der Waals surface area contributed by atoms with Crippen LogP contribution in [0, 0.1) is 6.92 Å². The van der Waals surface area contributed by atoms with E-state index in [9.17, 15) is 0 Å². The predicted molar refractivity (Wildman–Crippen MR) is 77.1 cm³/mol. The smallest absolute Gasteiger partial charge is 0.0708 e. The molecule has 96 valence electrons. The third-order valence-electron chi connectivity index (χ3n) is 3.58. The van der Waals surface area contributed by atoms with Crippen molar-refractivity contribution in [2.45, 2.75) is 25.8 Å². The Morgan fingerprint density at radius 2 is 2.06 bits per heavy atom. The van der Waals surface area contributed by atoms with Crippen LogP contribution in [-0.4, -0.2) is 17.6 Å². The van der Waals surface area contributed by atoms with E-state index in [1.807, 2.05) is 6.07 Å². The van der Waals surface area contributed by atoms with Gasteiger partial charge in [0.05, 0.1) is 5.52 Å². The number of fused-ring (bicyclic) bond motifs is 1. The van der Waals surface area contributed by atoms with Crippen LogP contribution in [-0.2, 0) is 0 Å². The van der Waals surface area contributed by atoms with Crippen molar-refractivity contribution in [1.82, 2.24) is 15.8 Å². The highest BCUT2D eigenvalue weighted by atomic mass is 35.5. The highest BCUT2D eigenvalue weighted by molar-refractivity contribution is 5.85. The van der Waals surface area contributed by atoms with Gasteiger partial charge in [0.25, 0.3) is 0 Å². The number of halogens is 1. The number of rotatable bonds is 1. The van der Waals surface area contributed by atoms with Crippen molar-refractivity contribution in [3.63, 3.8) is 0 Å². The Kier molecular flexibility index (Phi) is 3.85. The first-order valence-corrected chi connectivity index (χ1v) is 6.10. The van der Waals surface area contributed by atoms with Gasteiger partial charge in [-0.2, -0.15) is 0 Å². The van der Waals surface area contributed by atoms with E-state index in [1.165, 1.54) is 16.6 Å².